The molecule has 0 bridgehead atoms. The number of halogens is 2. The van der Waals surface area contributed by atoms with Crippen LogP contribution in [0.2, 0.25) is 5.02 Å². The largest absolute Gasteiger partial charge is 0.390 e. The summed E-state index contributed by atoms with van der Waals surface area (Å²) >= 11 is 6.37. The third-order valence-corrected chi connectivity index (χ3v) is 7.60. The number of sulfonamides is 1. The van der Waals surface area contributed by atoms with Gasteiger partial charge in [-0.25, -0.2) is 27.8 Å². The molecule has 3 aromatic rings. The topological polar surface area (TPSA) is 139 Å². The first-order valence-corrected chi connectivity index (χ1v) is 13.0. The van der Waals surface area contributed by atoms with E-state index in [0.717, 1.165) is 6.26 Å². The number of anilines is 1. The number of benzene rings is 1. The molecule has 4 rings (SSSR count). The SMILES string of the molecule is Cc1nc2c(F)cc(-c3nc(N[C@@H]4CCN(S(C)(=O)=O)C[C@H]4O)ncc3Cl)cc2n1[C@@H](C)CN. The number of nitrogens with one attached hydrogen (secondary N) is 1. The number of β-amino-alcohol motifs (C(OH)–C–C–N with tert-alkyl or cyclic N) is 1. The van der Waals surface area contributed by atoms with Gasteiger partial charge in [-0.2, -0.15) is 4.31 Å². The lowest BCUT2D eigenvalue weighted by Gasteiger charge is -2.34. The average Bonchev–Trinajstić information content (AvgIpc) is 3.11. The van der Waals surface area contributed by atoms with Crippen LogP contribution in [-0.4, -0.2) is 75.4 Å². The van der Waals surface area contributed by atoms with Gasteiger partial charge in [0.25, 0.3) is 0 Å². The van der Waals surface area contributed by atoms with Crippen molar-refractivity contribution in [1.82, 2.24) is 23.8 Å². The van der Waals surface area contributed by atoms with Crippen LogP contribution in [0, 0.1) is 12.7 Å². The molecule has 0 amide bonds. The molecular weight excluding hydrogens is 485 g/mol. The minimum Gasteiger partial charge on any atom is -0.390 e. The molecule has 0 radical (unpaired) electrons. The van der Waals surface area contributed by atoms with E-state index in [1.807, 2.05) is 11.5 Å². The number of hydrogen-bond donors (Lipinski definition) is 3. The van der Waals surface area contributed by atoms with Crippen LogP contribution in [0.5, 0.6) is 0 Å². The number of aliphatic hydroxyl groups excluding tert-OH is 1. The van der Waals surface area contributed by atoms with Crippen LogP contribution in [0.15, 0.2) is 18.3 Å². The van der Waals surface area contributed by atoms with Crippen LogP contribution < -0.4 is 11.1 Å². The van der Waals surface area contributed by atoms with Crippen molar-refractivity contribution in [2.75, 3.05) is 31.2 Å². The van der Waals surface area contributed by atoms with Crippen molar-refractivity contribution >= 4 is 38.6 Å². The molecule has 1 aromatic carbocycles. The fourth-order valence-electron chi connectivity index (χ4n) is 4.24. The zero-order valence-electron chi connectivity index (χ0n) is 19.0. The first kappa shape index (κ1) is 24.7. The second-order valence-electron chi connectivity index (χ2n) is 8.56. The number of imidazole rings is 1. The van der Waals surface area contributed by atoms with Crippen molar-refractivity contribution in [1.29, 1.82) is 0 Å². The Balaban J connectivity index is 1.66. The quantitative estimate of drug-likeness (QED) is 0.456. The molecule has 13 heteroatoms. The van der Waals surface area contributed by atoms with Gasteiger partial charge in [0.2, 0.25) is 16.0 Å². The standard InChI is InChI=1S/C21H27ClFN7O3S/c1-11(8-24)30-12(2)26-20-15(23)6-13(7-17(20)30)19-14(22)9-25-21(28-19)27-16-4-5-29(10-18(16)31)34(3,32)33/h6-7,9,11,16,18,31H,4-5,8,10,24H2,1-3H3,(H,25,27,28)/t11-,16+,18+/m0/s1. The zero-order chi connectivity index (χ0) is 24.8. The normalized spacial score (nSPS) is 20.6. The van der Waals surface area contributed by atoms with Gasteiger partial charge in [0.1, 0.15) is 11.3 Å². The number of aliphatic hydroxyl groups is 1. The summed E-state index contributed by atoms with van der Waals surface area (Å²) in [5.74, 6) is 0.331. The van der Waals surface area contributed by atoms with E-state index in [-0.39, 0.29) is 35.6 Å². The van der Waals surface area contributed by atoms with Crippen molar-refractivity contribution in [2.45, 2.75) is 38.5 Å². The lowest BCUT2D eigenvalue weighted by atomic mass is 10.0. The van der Waals surface area contributed by atoms with Gasteiger partial charge in [-0.3, -0.25) is 0 Å². The number of fused-ring (bicyclic) bond motifs is 1. The van der Waals surface area contributed by atoms with E-state index in [2.05, 4.69) is 20.3 Å². The highest BCUT2D eigenvalue weighted by molar-refractivity contribution is 7.88. The Hall–Kier alpha value is -2.38. The maximum absolute atomic E-state index is 15.0. The summed E-state index contributed by atoms with van der Waals surface area (Å²) < 4.78 is 41.6. The highest BCUT2D eigenvalue weighted by Gasteiger charge is 2.32. The van der Waals surface area contributed by atoms with E-state index in [1.54, 1.807) is 13.0 Å². The van der Waals surface area contributed by atoms with Crippen LogP contribution in [-0.2, 0) is 10.0 Å². The Morgan fingerprint density at radius 3 is 2.76 bits per heavy atom. The number of hydrogen-bond acceptors (Lipinski definition) is 8. The Bertz CT molecular complexity index is 1330. The van der Waals surface area contributed by atoms with Crippen molar-refractivity contribution in [3.63, 3.8) is 0 Å². The number of piperidine rings is 1. The van der Waals surface area contributed by atoms with Crippen LogP contribution in [0.25, 0.3) is 22.3 Å². The van der Waals surface area contributed by atoms with E-state index in [4.69, 9.17) is 17.3 Å². The predicted octanol–water partition coefficient (Wildman–Crippen LogP) is 1.92. The van der Waals surface area contributed by atoms with Crippen molar-refractivity contribution in [2.24, 2.45) is 5.73 Å². The summed E-state index contributed by atoms with van der Waals surface area (Å²) in [6.45, 7) is 4.32. The smallest absolute Gasteiger partial charge is 0.223 e. The van der Waals surface area contributed by atoms with Gasteiger partial charge in [0.15, 0.2) is 5.82 Å². The van der Waals surface area contributed by atoms with E-state index >= 15 is 0 Å². The molecule has 1 aliphatic heterocycles. The average molecular weight is 512 g/mol. The Morgan fingerprint density at radius 2 is 2.12 bits per heavy atom. The van der Waals surface area contributed by atoms with Crippen molar-refractivity contribution in [3.05, 3.63) is 35.0 Å². The molecular formula is C21H27ClFN7O3S. The Kier molecular flexibility index (Phi) is 6.80. The third-order valence-electron chi connectivity index (χ3n) is 6.05. The minimum atomic E-state index is -3.39. The number of nitrogens with two attached hydrogens (primary N) is 1. The monoisotopic (exact) mass is 511 g/mol. The zero-order valence-corrected chi connectivity index (χ0v) is 20.6. The lowest BCUT2D eigenvalue weighted by molar-refractivity contribution is 0.0950. The molecule has 10 nitrogen and oxygen atoms in total. The molecule has 34 heavy (non-hydrogen) atoms. The molecule has 4 N–H and O–H groups in total. The number of aromatic nitrogens is 4. The molecule has 0 spiro atoms. The van der Waals surface area contributed by atoms with Gasteiger partial charge in [-0.15, -0.1) is 0 Å². The van der Waals surface area contributed by atoms with Crippen LogP contribution in [0.4, 0.5) is 10.3 Å². The Labute approximate surface area is 202 Å². The molecule has 1 saturated heterocycles. The number of nitrogens with zero attached hydrogens (tertiary/aromatic N) is 5. The van der Waals surface area contributed by atoms with Crippen LogP contribution in [0.3, 0.4) is 0 Å². The molecule has 184 valence electrons. The molecule has 0 unspecified atom stereocenters. The summed E-state index contributed by atoms with van der Waals surface area (Å²) in [6.07, 6.45) is 1.93. The maximum atomic E-state index is 15.0. The van der Waals surface area contributed by atoms with Crippen molar-refractivity contribution < 1.29 is 17.9 Å². The minimum absolute atomic E-state index is 0.0263. The van der Waals surface area contributed by atoms with Gasteiger partial charge in [-0.1, -0.05) is 11.6 Å². The van der Waals surface area contributed by atoms with Crippen molar-refractivity contribution in [3.8, 4) is 11.3 Å². The highest BCUT2D eigenvalue weighted by Crippen LogP contribution is 2.32. The summed E-state index contributed by atoms with van der Waals surface area (Å²) in [7, 11) is -3.39. The second kappa shape index (κ2) is 9.34. The first-order valence-electron chi connectivity index (χ1n) is 10.8. The molecule has 0 saturated carbocycles. The van der Waals surface area contributed by atoms with E-state index in [9.17, 15) is 17.9 Å². The molecule has 1 fully saturated rings. The Morgan fingerprint density at radius 1 is 1.38 bits per heavy atom. The maximum Gasteiger partial charge on any atom is 0.223 e. The van der Waals surface area contributed by atoms with Gasteiger partial charge in [0, 0.05) is 31.2 Å². The van der Waals surface area contributed by atoms with E-state index in [1.165, 1.54) is 16.6 Å². The second-order valence-corrected chi connectivity index (χ2v) is 10.9. The van der Waals surface area contributed by atoms with Gasteiger partial charge in [-0.05, 0) is 32.4 Å². The molecule has 0 aliphatic carbocycles. The van der Waals surface area contributed by atoms with Gasteiger partial charge < -0.3 is 20.7 Å². The first-order chi connectivity index (χ1) is 16.0. The summed E-state index contributed by atoms with van der Waals surface area (Å²) in [4.78, 5) is 13.0. The molecule has 1 aliphatic rings. The highest BCUT2D eigenvalue weighted by atomic mass is 35.5. The lowest BCUT2D eigenvalue weighted by Crippen LogP contribution is -2.51. The van der Waals surface area contributed by atoms with Gasteiger partial charge in [0.05, 0.1) is 40.8 Å². The van der Waals surface area contributed by atoms with Gasteiger partial charge >= 0.3 is 0 Å². The third kappa shape index (κ3) is 4.73. The van der Waals surface area contributed by atoms with E-state index < -0.39 is 28.0 Å². The summed E-state index contributed by atoms with van der Waals surface area (Å²) in [5.41, 5.74) is 7.42. The van der Waals surface area contributed by atoms with Crippen LogP contribution in [0.1, 0.15) is 25.2 Å². The summed E-state index contributed by atoms with van der Waals surface area (Å²) in [5, 5.41) is 13.7. The molecule has 2 aromatic heterocycles. The fraction of sp³-hybridized carbons (Fsp3) is 0.476. The molecule has 3 atom stereocenters. The van der Waals surface area contributed by atoms with Crippen LogP contribution >= 0.6 is 11.6 Å². The predicted molar refractivity (Wildman–Crippen MR) is 129 cm³/mol. The van der Waals surface area contributed by atoms with E-state index in [0.29, 0.717) is 35.6 Å². The number of rotatable bonds is 6. The molecule has 3 heterocycles. The summed E-state index contributed by atoms with van der Waals surface area (Å²) in [6, 6.07) is 2.55. The fourth-order valence-corrected chi connectivity index (χ4v) is 5.31. The number of aryl methyl sites for hydroxylation is 1.